The Balaban J connectivity index is 1.84. The Kier molecular flexibility index (Phi) is 7.89. The molecule has 0 N–H and O–H groups in total. The van der Waals surface area contributed by atoms with E-state index in [-0.39, 0.29) is 24.2 Å². The van der Waals surface area contributed by atoms with Crippen LogP contribution in [0.2, 0.25) is 0 Å². The third-order valence-electron chi connectivity index (χ3n) is 5.15. The van der Waals surface area contributed by atoms with Gasteiger partial charge in [-0.1, -0.05) is 0 Å². The highest BCUT2D eigenvalue weighted by Crippen LogP contribution is 2.33. The zero-order chi connectivity index (χ0) is 23.3. The third-order valence-corrected chi connectivity index (χ3v) is 6.99. The van der Waals surface area contributed by atoms with Crippen molar-refractivity contribution in [2.45, 2.75) is 39.5 Å². The molecule has 0 aromatic carbocycles. The van der Waals surface area contributed by atoms with Crippen molar-refractivity contribution < 1.29 is 18.7 Å². The quantitative estimate of drug-likeness (QED) is 0.284. The topological polar surface area (TPSA) is 107 Å². The van der Waals surface area contributed by atoms with Gasteiger partial charge < -0.3 is 14.1 Å². The first-order valence-corrected chi connectivity index (χ1v) is 11.9. The number of ether oxygens (including phenoxy) is 1. The molecular formula is C23H22BrN3O4S. The molecule has 0 aliphatic carbocycles. The van der Waals surface area contributed by atoms with Crippen molar-refractivity contribution >= 4 is 51.0 Å². The summed E-state index contributed by atoms with van der Waals surface area (Å²) in [5.74, 6) is 0.123. The van der Waals surface area contributed by atoms with E-state index in [4.69, 9.17) is 9.15 Å². The lowest BCUT2D eigenvalue weighted by Gasteiger charge is -2.26. The van der Waals surface area contributed by atoms with Crippen molar-refractivity contribution in [1.82, 2.24) is 0 Å². The lowest BCUT2D eigenvalue weighted by molar-refractivity contribution is -0.114. The largest absolute Gasteiger partial charge is 0.462 e. The van der Waals surface area contributed by atoms with Gasteiger partial charge in [0.1, 0.15) is 22.8 Å². The molecule has 9 heteroatoms. The minimum atomic E-state index is -0.521. The fourth-order valence-electron chi connectivity index (χ4n) is 3.55. The number of halogens is 1. The molecule has 1 aliphatic rings. The van der Waals surface area contributed by atoms with Crippen LogP contribution in [-0.2, 0) is 16.0 Å². The Hall–Kier alpha value is -2.88. The van der Waals surface area contributed by atoms with Crippen LogP contribution in [0.3, 0.4) is 0 Å². The highest BCUT2D eigenvalue weighted by atomic mass is 79.9. The zero-order valence-electron chi connectivity index (χ0n) is 17.9. The molecular weight excluding hydrogens is 494 g/mol. The number of furan rings is 1. The molecule has 32 heavy (non-hydrogen) atoms. The molecule has 2 aromatic heterocycles. The SMILES string of the molecule is CCOC(=O)c1sc(CC(=O)/C(C#N)=C/c2cc(Br)c(N3CCCCC3)o2)c(C#N)c1C. The Morgan fingerprint density at radius 1 is 1.31 bits per heavy atom. The number of Topliss-reactive ketones (excluding diaryl/α,β-unsaturated/α-hetero) is 1. The van der Waals surface area contributed by atoms with Gasteiger partial charge in [-0.3, -0.25) is 4.79 Å². The summed E-state index contributed by atoms with van der Waals surface area (Å²) < 4.78 is 11.7. The van der Waals surface area contributed by atoms with E-state index in [0.29, 0.717) is 27.0 Å². The molecule has 0 radical (unpaired) electrons. The van der Waals surface area contributed by atoms with Crippen molar-refractivity contribution in [3.8, 4) is 12.1 Å². The number of ketones is 1. The Labute approximate surface area is 199 Å². The maximum atomic E-state index is 12.9. The van der Waals surface area contributed by atoms with Crippen LogP contribution in [-0.4, -0.2) is 31.4 Å². The van der Waals surface area contributed by atoms with Gasteiger partial charge in [-0.2, -0.15) is 10.5 Å². The number of carbonyl (C=O) groups excluding carboxylic acids is 2. The van der Waals surface area contributed by atoms with E-state index in [1.54, 1.807) is 19.9 Å². The Morgan fingerprint density at radius 2 is 2.03 bits per heavy atom. The summed E-state index contributed by atoms with van der Waals surface area (Å²) in [4.78, 5) is 27.9. The number of rotatable bonds is 7. The number of thiophene rings is 1. The number of hydrogen-bond donors (Lipinski definition) is 0. The number of anilines is 1. The molecule has 1 aliphatic heterocycles. The molecule has 3 heterocycles. The predicted molar refractivity (Wildman–Crippen MR) is 125 cm³/mol. The van der Waals surface area contributed by atoms with Gasteiger partial charge in [0.05, 0.1) is 22.2 Å². The van der Waals surface area contributed by atoms with Crippen LogP contribution in [0.15, 0.2) is 20.5 Å². The summed E-state index contributed by atoms with van der Waals surface area (Å²) in [6.07, 6.45) is 4.64. The molecule has 0 bridgehead atoms. The minimum Gasteiger partial charge on any atom is -0.462 e. The lowest BCUT2D eigenvalue weighted by atomic mass is 10.0. The molecule has 0 unspecified atom stereocenters. The van der Waals surface area contributed by atoms with Crippen molar-refractivity contribution in [2.24, 2.45) is 0 Å². The smallest absolute Gasteiger partial charge is 0.348 e. The van der Waals surface area contributed by atoms with Crippen LogP contribution in [0.1, 0.15) is 57.6 Å². The number of nitrogens with zero attached hydrogens (tertiary/aromatic N) is 3. The van der Waals surface area contributed by atoms with Gasteiger partial charge in [0.2, 0.25) is 5.88 Å². The standard InChI is InChI=1S/C23H22BrN3O4S/c1-3-30-23(29)21-14(2)17(13-26)20(32-21)11-19(28)15(12-25)9-16-10-18(24)22(31-16)27-7-5-4-6-8-27/h9-10H,3-8,11H2,1-2H3/b15-9+. The van der Waals surface area contributed by atoms with Gasteiger partial charge in [-0.15, -0.1) is 11.3 Å². The summed E-state index contributed by atoms with van der Waals surface area (Å²) in [5, 5.41) is 19.1. The monoisotopic (exact) mass is 515 g/mol. The van der Waals surface area contributed by atoms with E-state index in [2.05, 4.69) is 26.9 Å². The van der Waals surface area contributed by atoms with Crippen molar-refractivity contribution in [1.29, 1.82) is 10.5 Å². The van der Waals surface area contributed by atoms with Gasteiger partial charge in [-0.05, 0) is 54.6 Å². The molecule has 0 saturated carbocycles. The summed E-state index contributed by atoms with van der Waals surface area (Å²) in [6.45, 7) is 5.36. The fourth-order valence-corrected chi connectivity index (χ4v) is 5.26. The van der Waals surface area contributed by atoms with Crippen LogP contribution >= 0.6 is 27.3 Å². The molecule has 0 atom stereocenters. The van der Waals surface area contributed by atoms with E-state index in [1.165, 1.54) is 12.5 Å². The number of allylic oxidation sites excluding steroid dienone is 1. The fraction of sp³-hybridized carbons (Fsp3) is 0.391. The average Bonchev–Trinajstić information content (AvgIpc) is 3.31. The zero-order valence-corrected chi connectivity index (χ0v) is 20.3. The number of nitriles is 2. The second-order valence-corrected chi connectivity index (χ2v) is 9.27. The first-order valence-electron chi connectivity index (χ1n) is 10.3. The van der Waals surface area contributed by atoms with Crippen LogP contribution < -0.4 is 4.90 Å². The van der Waals surface area contributed by atoms with Gasteiger partial charge in [0.25, 0.3) is 0 Å². The number of piperidine rings is 1. The number of carbonyl (C=O) groups is 2. The first-order chi connectivity index (χ1) is 15.4. The van der Waals surface area contributed by atoms with Gasteiger partial charge >= 0.3 is 5.97 Å². The van der Waals surface area contributed by atoms with Gasteiger partial charge in [0, 0.05) is 36.5 Å². The third kappa shape index (κ3) is 5.12. The van der Waals surface area contributed by atoms with E-state index in [1.807, 2.05) is 6.07 Å². The second-order valence-electron chi connectivity index (χ2n) is 7.31. The van der Waals surface area contributed by atoms with Crippen LogP contribution in [0.4, 0.5) is 5.88 Å². The lowest BCUT2D eigenvalue weighted by Crippen LogP contribution is -2.29. The van der Waals surface area contributed by atoms with E-state index in [9.17, 15) is 20.1 Å². The van der Waals surface area contributed by atoms with Crippen LogP contribution in [0.25, 0.3) is 6.08 Å². The van der Waals surface area contributed by atoms with Crippen LogP contribution in [0.5, 0.6) is 0 Å². The molecule has 0 amide bonds. The second kappa shape index (κ2) is 10.6. The Morgan fingerprint density at radius 3 is 2.66 bits per heavy atom. The van der Waals surface area contributed by atoms with Crippen molar-refractivity contribution in [3.63, 3.8) is 0 Å². The average molecular weight is 516 g/mol. The van der Waals surface area contributed by atoms with E-state index >= 15 is 0 Å². The number of hydrogen-bond acceptors (Lipinski definition) is 8. The summed E-state index contributed by atoms with van der Waals surface area (Å²) in [5.41, 5.74) is 0.684. The summed E-state index contributed by atoms with van der Waals surface area (Å²) in [7, 11) is 0. The highest BCUT2D eigenvalue weighted by molar-refractivity contribution is 9.10. The van der Waals surface area contributed by atoms with E-state index < -0.39 is 11.8 Å². The highest BCUT2D eigenvalue weighted by Gasteiger charge is 2.24. The molecule has 7 nitrogen and oxygen atoms in total. The predicted octanol–water partition coefficient (Wildman–Crippen LogP) is 5.17. The summed E-state index contributed by atoms with van der Waals surface area (Å²) in [6, 6.07) is 5.73. The first kappa shape index (κ1) is 23.8. The maximum absolute atomic E-state index is 12.9. The van der Waals surface area contributed by atoms with Gasteiger partial charge in [0.15, 0.2) is 5.78 Å². The van der Waals surface area contributed by atoms with Crippen molar-refractivity contribution in [2.75, 3.05) is 24.6 Å². The normalized spacial score (nSPS) is 14.0. The Bertz CT molecular complexity index is 1140. The molecule has 3 rings (SSSR count). The summed E-state index contributed by atoms with van der Waals surface area (Å²) >= 11 is 4.55. The van der Waals surface area contributed by atoms with Crippen LogP contribution in [0, 0.1) is 29.6 Å². The number of esters is 1. The minimum absolute atomic E-state index is 0.0796. The molecule has 1 fully saturated rings. The maximum Gasteiger partial charge on any atom is 0.348 e. The molecule has 166 valence electrons. The van der Waals surface area contributed by atoms with E-state index in [0.717, 1.165) is 41.7 Å². The van der Waals surface area contributed by atoms with Crippen molar-refractivity contribution in [3.05, 3.63) is 42.8 Å². The van der Waals surface area contributed by atoms with Gasteiger partial charge in [-0.25, -0.2) is 4.79 Å². The molecule has 1 saturated heterocycles. The molecule has 2 aromatic rings. The molecule has 0 spiro atoms.